The van der Waals surface area contributed by atoms with Gasteiger partial charge in [-0.2, -0.15) is 0 Å². The van der Waals surface area contributed by atoms with Gasteiger partial charge in [-0.1, -0.05) is 44.2 Å². The molecule has 2 aromatic carbocycles. The first-order chi connectivity index (χ1) is 10.6. The Morgan fingerprint density at radius 3 is 2.59 bits per heavy atom. The van der Waals surface area contributed by atoms with Crippen molar-refractivity contribution in [2.75, 3.05) is 20.6 Å². The zero-order chi connectivity index (χ0) is 15.7. The third kappa shape index (κ3) is 2.73. The number of hydrogen-bond donors (Lipinski definition) is 0. The molecular weight excluding hydrogens is 270 g/mol. The van der Waals surface area contributed by atoms with Gasteiger partial charge in [0.15, 0.2) is 0 Å². The van der Waals surface area contributed by atoms with Crippen molar-refractivity contribution in [2.45, 2.75) is 32.7 Å². The molecule has 0 saturated heterocycles. The summed E-state index contributed by atoms with van der Waals surface area (Å²) in [5.41, 5.74) is 2.41. The second kappa shape index (κ2) is 6.09. The molecule has 3 nitrogen and oxygen atoms in total. The lowest BCUT2D eigenvalue weighted by molar-refractivity contribution is 0.385. The number of hydrogen-bond acceptors (Lipinski definition) is 2. The molecule has 0 spiro atoms. The van der Waals surface area contributed by atoms with Gasteiger partial charge >= 0.3 is 0 Å². The second-order valence-corrected chi connectivity index (χ2v) is 6.59. The van der Waals surface area contributed by atoms with Gasteiger partial charge in [0.1, 0.15) is 5.82 Å². The van der Waals surface area contributed by atoms with Gasteiger partial charge in [-0.05, 0) is 38.5 Å². The van der Waals surface area contributed by atoms with Crippen molar-refractivity contribution < 1.29 is 0 Å². The zero-order valence-corrected chi connectivity index (χ0v) is 14.0. The van der Waals surface area contributed by atoms with Gasteiger partial charge in [-0.25, -0.2) is 4.98 Å². The maximum Gasteiger partial charge on any atom is 0.112 e. The number of fused-ring (bicyclic) bond motifs is 3. The molecule has 0 aliphatic heterocycles. The molecule has 0 saturated carbocycles. The molecule has 3 heteroatoms. The van der Waals surface area contributed by atoms with Crippen LogP contribution in [0.5, 0.6) is 0 Å². The van der Waals surface area contributed by atoms with Crippen LogP contribution in [0.4, 0.5) is 0 Å². The first kappa shape index (κ1) is 15.0. The van der Waals surface area contributed by atoms with Crippen LogP contribution in [-0.4, -0.2) is 35.1 Å². The fourth-order valence-electron chi connectivity index (χ4n) is 3.10. The van der Waals surface area contributed by atoms with E-state index in [1.54, 1.807) is 0 Å². The van der Waals surface area contributed by atoms with Gasteiger partial charge in [-0.15, -0.1) is 0 Å². The smallest absolute Gasteiger partial charge is 0.112 e. The van der Waals surface area contributed by atoms with Crippen LogP contribution in [0, 0.1) is 0 Å². The summed E-state index contributed by atoms with van der Waals surface area (Å²) in [4.78, 5) is 7.23. The first-order valence-corrected chi connectivity index (χ1v) is 8.10. The van der Waals surface area contributed by atoms with Crippen LogP contribution in [0.3, 0.4) is 0 Å². The highest BCUT2D eigenvalue weighted by atomic mass is 15.1. The Balaban J connectivity index is 2.11. The number of nitrogens with zero attached hydrogens (tertiary/aromatic N) is 3. The Bertz CT molecular complexity index is 784. The molecule has 1 heterocycles. The second-order valence-electron chi connectivity index (χ2n) is 6.59. The highest BCUT2D eigenvalue weighted by Gasteiger charge is 2.15. The predicted molar refractivity (Wildman–Crippen MR) is 94.5 cm³/mol. The van der Waals surface area contributed by atoms with E-state index < -0.39 is 0 Å². The molecule has 0 unspecified atom stereocenters. The third-order valence-electron chi connectivity index (χ3n) is 4.18. The monoisotopic (exact) mass is 295 g/mol. The van der Waals surface area contributed by atoms with E-state index in [-0.39, 0.29) is 0 Å². The summed E-state index contributed by atoms with van der Waals surface area (Å²) in [6.45, 7) is 6.59. The topological polar surface area (TPSA) is 21.1 Å². The largest absolute Gasteiger partial charge is 0.328 e. The van der Waals surface area contributed by atoms with Crippen molar-refractivity contribution in [3.63, 3.8) is 0 Å². The molecule has 0 amide bonds. The van der Waals surface area contributed by atoms with E-state index in [2.05, 4.69) is 73.8 Å². The lowest BCUT2D eigenvalue weighted by Gasteiger charge is -2.14. The molecule has 0 bridgehead atoms. The molecule has 1 aromatic heterocycles. The van der Waals surface area contributed by atoms with Gasteiger partial charge in [0.25, 0.3) is 0 Å². The zero-order valence-electron chi connectivity index (χ0n) is 14.0. The van der Waals surface area contributed by atoms with Crippen LogP contribution >= 0.6 is 0 Å². The van der Waals surface area contributed by atoms with Crippen LogP contribution < -0.4 is 0 Å². The summed E-state index contributed by atoms with van der Waals surface area (Å²) >= 11 is 0. The Morgan fingerprint density at radius 2 is 1.86 bits per heavy atom. The molecule has 0 aliphatic rings. The Hall–Kier alpha value is -1.87. The molecule has 0 fully saturated rings. The van der Waals surface area contributed by atoms with Crippen LogP contribution in [0.25, 0.3) is 21.8 Å². The SMILES string of the molecule is CC(C)c1nc2c3ccccc3ccc2n1CCCN(C)C. The summed E-state index contributed by atoms with van der Waals surface area (Å²) in [6, 6.07) is 13.0. The minimum absolute atomic E-state index is 0.436. The summed E-state index contributed by atoms with van der Waals surface area (Å²) in [6.07, 6.45) is 1.14. The number of benzene rings is 2. The van der Waals surface area contributed by atoms with Gasteiger partial charge in [-0.3, -0.25) is 0 Å². The molecule has 0 radical (unpaired) electrons. The average molecular weight is 295 g/mol. The fourth-order valence-corrected chi connectivity index (χ4v) is 3.10. The minimum atomic E-state index is 0.436. The molecule has 22 heavy (non-hydrogen) atoms. The van der Waals surface area contributed by atoms with Crippen molar-refractivity contribution in [1.82, 2.24) is 14.5 Å². The predicted octanol–water partition coefficient (Wildman–Crippen LogP) is 4.26. The molecule has 0 N–H and O–H groups in total. The number of aromatic nitrogens is 2. The lowest BCUT2D eigenvalue weighted by Crippen LogP contribution is -2.16. The van der Waals surface area contributed by atoms with E-state index in [1.165, 1.54) is 22.1 Å². The lowest BCUT2D eigenvalue weighted by atomic mass is 10.1. The molecule has 0 atom stereocenters. The maximum atomic E-state index is 4.99. The fraction of sp³-hybridized carbons (Fsp3) is 0.421. The van der Waals surface area contributed by atoms with Crippen molar-refractivity contribution in [3.8, 4) is 0 Å². The quantitative estimate of drug-likeness (QED) is 0.701. The van der Waals surface area contributed by atoms with E-state index >= 15 is 0 Å². The summed E-state index contributed by atoms with van der Waals surface area (Å²) in [5, 5.41) is 2.52. The highest BCUT2D eigenvalue weighted by Crippen LogP contribution is 2.28. The van der Waals surface area contributed by atoms with E-state index in [0.29, 0.717) is 5.92 Å². The van der Waals surface area contributed by atoms with Crippen molar-refractivity contribution >= 4 is 21.8 Å². The summed E-state index contributed by atoms with van der Waals surface area (Å²) in [5.74, 6) is 1.63. The minimum Gasteiger partial charge on any atom is -0.328 e. The van der Waals surface area contributed by atoms with E-state index in [4.69, 9.17) is 4.98 Å². The Kier molecular flexibility index (Phi) is 4.16. The summed E-state index contributed by atoms with van der Waals surface area (Å²) < 4.78 is 2.41. The van der Waals surface area contributed by atoms with Crippen LogP contribution in [0.15, 0.2) is 36.4 Å². The number of rotatable bonds is 5. The van der Waals surface area contributed by atoms with Crippen molar-refractivity contribution in [3.05, 3.63) is 42.2 Å². The van der Waals surface area contributed by atoms with Crippen molar-refractivity contribution in [2.24, 2.45) is 0 Å². The molecule has 0 aliphatic carbocycles. The first-order valence-electron chi connectivity index (χ1n) is 8.10. The van der Waals surface area contributed by atoms with E-state index in [0.717, 1.165) is 25.0 Å². The Morgan fingerprint density at radius 1 is 1.09 bits per heavy atom. The standard InChI is InChI=1S/C19H25N3/c1-14(2)19-20-18-16-9-6-5-8-15(16)10-11-17(18)22(19)13-7-12-21(3)4/h5-6,8-11,14H,7,12-13H2,1-4H3. The van der Waals surface area contributed by atoms with E-state index in [9.17, 15) is 0 Å². The average Bonchev–Trinajstić information content (AvgIpc) is 2.86. The Labute approximate surface area is 132 Å². The molecule has 3 rings (SSSR count). The highest BCUT2D eigenvalue weighted by molar-refractivity contribution is 6.04. The third-order valence-corrected chi connectivity index (χ3v) is 4.18. The molecule has 116 valence electrons. The summed E-state index contributed by atoms with van der Waals surface area (Å²) in [7, 11) is 4.26. The van der Waals surface area contributed by atoms with Crippen molar-refractivity contribution in [1.29, 1.82) is 0 Å². The van der Waals surface area contributed by atoms with Crippen LogP contribution in [-0.2, 0) is 6.54 Å². The number of aryl methyl sites for hydroxylation is 1. The molecular formula is C19H25N3. The van der Waals surface area contributed by atoms with Gasteiger partial charge < -0.3 is 9.47 Å². The van der Waals surface area contributed by atoms with Crippen LogP contribution in [0.2, 0.25) is 0 Å². The molecule has 3 aromatic rings. The van der Waals surface area contributed by atoms with Gasteiger partial charge in [0.05, 0.1) is 11.0 Å². The van der Waals surface area contributed by atoms with Gasteiger partial charge in [0, 0.05) is 17.8 Å². The number of imidazole rings is 1. The van der Waals surface area contributed by atoms with E-state index in [1.807, 2.05) is 0 Å². The normalized spacial score (nSPS) is 12.1. The van der Waals surface area contributed by atoms with Gasteiger partial charge in [0.2, 0.25) is 0 Å². The van der Waals surface area contributed by atoms with Crippen LogP contribution in [0.1, 0.15) is 32.0 Å². The maximum absolute atomic E-state index is 4.99.